The number of ether oxygens (including phenoxy) is 2. The number of carbonyl (C=O) groups is 1. The number of aliphatic hydroxyl groups excluding tert-OH is 1. The third-order valence-corrected chi connectivity index (χ3v) is 11.1. The van der Waals surface area contributed by atoms with Crippen molar-refractivity contribution in [3.8, 4) is 16.9 Å². The van der Waals surface area contributed by atoms with Gasteiger partial charge in [0.2, 0.25) is 5.90 Å². The number of sulfone groups is 1. The molecule has 1 amide bonds. The van der Waals surface area contributed by atoms with Gasteiger partial charge in [0.05, 0.1) is 17.3 Å². The van der Waals surface area contributed by atoms with Crippen LogP contribution in [0, 0.1) is 0 Å². The molecule has 2 N–H and O–H groups in total. The molecule has 0 bridgehead atoms. The van der Waals surface area contributed by atoms with Crippen LogP contribution in [0.15, 0.2) is 148 Å². The second-order valence-electron chi connectivity index (χ2n) is 12.3. The second-order valence-corrected chi connectivity index (χ2v) is 15.3. The van der Waals surface area contributed by atoms with E-state index in [9.17, 15) is 13.2 Å². The molecule has 5 aromatic rings. The van der Waals surface area contributed by atoms with E-state index < -0.39 is 27.4 Å². The van der Waals surface area contributed by atoms with Crippen molar-refractivity contribution in [1.82, 2.24) is 5.32 Å². The maximum absolute atomic E-state index is 14.6. The summed E-state index contributed by atoms with van der Waals surface area (Å²) < 4.78 is 40.6. The van der Waals surface area contributed by atoms with Crippen molar-refractivity contribution in [2.75, 3.05) is 25.5 Å². The van der Waals surface area contributed by atoms with Gasteiger partial charge >= 0.3 is 0 Å². The largest absolute Gasteiger partial charge is 0.494 e. The van der Waals surface area contributed by atoms with Crippen LogP contribution in [-0.2, 0) is 25.8 Å². The van der Waals surface area contributed by atoms with Gasteiger partial charge in [0.1, 0.15) is 5.75 Å². The first kappa shape index (κ1) is 36.0. The van der Waals surface area contributed by atoms with E-state index >= 15 is 0 Å². The summed E-state index contributed by atoms with van der Waals surface area (Å²) in [4.78, 5) is 19.8. The molecule has 0 aliphatic carbocycles. The highest BCUT2D eigenvalue weighted by molar-refractivity contribution is 9.10. The Morgan fingerprint density at radius 2 is 1.45 bits per heavy atom. The molecule has 0 saturated heterocycles. The first-order chi connectivity index (χ1) is 24.8. The van der Waals surface area contributed by atoms with Gasteiger partial charge in [-0.3, -0.25) is 4.79 Å². The molecule has 0 saturated carbocycles. The maximum Gasteiger partial charge on any atom is 0.252 e. The third kappa shape index (κ3) is 8.76. The standard InChI is InChI=1S/C41H39BrN2O6S/c42-35-20-12-30(13-21-35)24-26-43-40(46)41(25-29-51(47,48)37-10-5-2-6-11-37)38(33-16-14-32(15-17-33)31-8-3-1-4-9-31)50-39(44-41)34-18-22-36(23-19-34)49-28-7-27-45/h1-6,8-23,38,45H,7,24-29H2,(H,43,46)/t38-,41-/m1/s1. The van der Waals surface area contributed by atoms with Crippen LogP contribution in [0.3, 0.4) is 0 Å². The van der Waals surface area contributed by atoms with E-state index in [-0.39, 0.29) is 29.6 Å². The molecule has 0 spiro atoms. The maximum atomic E-state index is 14.6. The lowest BCUT2D eigenvalue weighted by molar-refractivity contribution is -0.129. The van der Waals surface area contributed by atoms with Crippen molar-refractivity contribution in [3.05, 3.63) is 155 Å². The predicted molar refractivity (Wildman–Crippen MR) is 203 cm³/mol. The lowest BCUT2D eigenvalue weighted by Gasteiger charge is -2.30. The minimum absolute atomic E-state index is 0.0315. The number of halogens is 1. The summed E-state index contributed by atoms with van der Waals surface area (Å²) in [5.41, 5.74) is 2.78. The highest BCUT2D eigenvalue weighted by Crippen LogP contribution is 2.43. The van der Waals surface area contributed by atoms with Crippen molar-refractivity contribution in [2.24, 2.45) is 4.99 Å². The summed E-state index contributed by atoms with van der Waals surface area (Å²) in [6, 6.07) is 41.0. The van der Waals surface area contributed by atoms with E-state index in [4.69, 9.17) is 19.6 Å². The third-order valence-electron chi connectivity index (χ3n) is 8.82. The van der Waals surface area contributed by atoms with E-state index in [1.165, 1.54) is 0 Å². The molecule has 8 nitrogen and oxygen atoms in total. The van der Waals surface area contributed by atoms with Crippen LogP contribution in [0.1, 0.15) is 35.6 Å². The van der Waals surface area contributed by atoms with E-state index in [0.29, 0.717) is 42.9 Å². The fourth-order valence-electron chi connectivity index (χ4n) is 6.01. The number of carbonyl (C=O) groups excluding carboxylic acids is 1. The zero-order chi connectivity index (χ0) is 35.7. The van der Waals surface area contributed by atoms with Crippen LogP contribution in [0.5, 0.6) is 5.75 Å². The Morgan fingerprint density at radius 3 is 2.12 bits per heavy atom. The average Bonchev–Trinajstić information content (AvgIpc) is 3.57. The topological polar surface area (TPSA) is 114 Å². The highest BCUT2D eigenvalue weighted by Gasteiger charge is 2.53. The van der Waals surface area contributed by atoms with Crippen molar-refractivity contribution in [3.63, 3.8) is 0 Å². The zero-order valence-corrected chi connectivity index (χ0v) is 30.4. The minimum Gasteiger partial charge on any atom is -0.494 e. The minimum atomic E-state index is -3.78. The van der Waals surface area contributed by atoms with Gasteiger partial charge in [-0.05, 0) is 77.2 Å². The monoisotopic (exact) mass is 766 g/mol. The number of hydrogen-bond donors (Lipinski definition) is 2. The van der Waals surface area contributed by atoms with E-state index in [1.54, 1.807) is 54.6 Å². The number of aliphatic hydroxyl groups is 1. The van der Waals surface area contributed by atoms with Gasteiger partial charge in [-0.1, -0.05) is 101 Å². The first-order valence-corrected chi connectivity index (χ1v) is 19.3. The van der Waals surface area contributed by atoms with Gasteiger partial charge in [0, 0.05) is 36.0 Å². The van der Waals surface area contributed by atoms with Crippen molar-refractivity contribution in [2.45, 2.75) is 35.8 Å². The Kier molecular flexibility index (Phi) is 11.7. The quantitative estimate of drug-likeness (QED) is 0.108. The van der Waals surface area contributed by atoms with E-state index in [0.717, 1.165) is 21.2 Å². The number of benzene rings is 5. The number of rotatable bonds is 15. The Morgan fingerprint density at radius 1 is 0.824 bits per heavy atom. The zero-order valence-electron chi connectivity index (χ0n) is 28.0. The van der Waals surface area contributed by atoms with Gasteiger partial charge in [0.15, 0.2) is 21.5 Å². The van der Waals surface area contributed by atoms with Crippen LogP contribution in [-0.4, -0.2) is 56.4 Å². The highest BCUT2D eigenvalue weighted by atomic mass is 79.9. The Bertz CT molecular complexity index is 2040. The molecular formula is C41H39BrN2O6S. The van der Waals surface area contributed by atoms with Gasteiger partial charge in [0.25, 0.3) is 5.91 Å². The summed E-state index contributed by atoms with van der Waals surface area (Å²) in [5, 5.41) is 12.2. The lowest BCUT2D eigenvalue weighted by atomic mass is 9.84. The lowest BCUT2D eigenvalue weighted by Crippen LogP contribution is -2.49. The molecule has 1 heterocycles. The van der Waals surface area contributed by atoms with Crippen molar-refractivity contribution >= 4 is 37.6 Å². The molecule has 0 unspecified atom stereocenters. The molecule has 51 heavy (non-hydrogen) atoms. The van der Waals surface area contributed by atoms with Crippen LogP contribution in [0.4, 0.5) is 0 Å². The second kappa shape index (κ2) is 16.5. The number of aliphatic imine (C=N–C) groups is 1. The van der Waals surface area contributed by atoms with Gasteiger partial charge in [-0.2, -0.15) is 0 Å². The molecule has 1 aliphatic rings. The van der Waals surface area contributed by atoms with E-state index in [1.807, 2.05) is 78.9 Å². The molecule has 1 aliphatic heterocycles. The number of hydrogen-bond acceptors (Lipinski definition) is 7. The molecule has 10 heteroatoms. The molecule has 0 fully saturated rings. The molecule has 2 atom stereocenters. The number of amides is 1. The Balaban J connectivity index is 1.37. The molecule has 6 rings (SSSR count). The van der Waals surface area contributed by atoms with Gasteiger partial charge in [-0.15, -0.1) is 0 Å². The smallest absolute Gasteiger partial charge is 0.252 e. The Labute approximate surface area is 307 Å². The van der Waals surface area contributed by atoms with Crippen LogP contribution >= 0.6 is 15.9 Å². The van der Waals surface area contributed by atoms with Gasteiger partial charge < -0.3 is 19.9 Å². The normalized spacial score (nSPS) is 17.0. The summed E-state index contributed by atoms with van der Waals surface area (Å²) in [7, 11) is -3.78. The molecule has 262 valence electrons. The first-order valence-electron chi connectivity index (χ1n) is 16.8. The summed E-state index contributed by atoms with van der Waals surface area (Å²) in [6.07, 6.45) is 0.0404. The molecule has 0 aromatic heterocycles. The summed E-state index contributed by atoms with van der Waals surface area (Å²) >= 11 is 3.46. The fourth-order valence-corrected chi connectivity index (χ4v) is 7.66. The fraction of sp³-hybridized carbons (Fsp3) is 0.220. The molecule has 5 aromatic carbocycles. The van der Waals surface area contributed by atoms with Crippen LogP contribution < -0.4 is 10.1 Å². The summed E-state index contributed by atoms with van der Waals surface area (Å²) in [5.74, 6) is 0.103. The Hall–Kier alpha value is -4.77. The summed E-state index contributed by atoms with van der Waals surface area (Å²) in [6.45, 7) is 0.718. The molecule has 0 radical (unpaired) electrons. The average molecular weight is 768 g/mol. The number of nitrogens with zero attached hydrogens (tertiary/aromatic N) is 1. The number of nitrogens with one attached hydrogen (secondary N) is 1. The van der Waals surface area contributed by atoms with E-state index in [2.05, 4.69) is 21.2 Å². The van der Waals surface area contributed by atoms with Crippen molar-refractivity contribution in [1.29, 1.82) is 0 Å². The van der Waals surface area contributed by atoms with Gasteiger partial charge in [-0.25, -0.2) is 13.4 Å². The predicted octanol–water partition coefficient (Wildman–Crippen LogP) is 7.36. The van der Waals surface area contributed by atoms with Crippen LogP contribution in [0.2, 0.25) is 0 Å². The molecular weight excluding hydrogens is 728 g/mol. The SMILES string of the molecule is O=C(NCCc1ccc(Br)cc1)[C@]1(CCS(=O)(=O)c2ccccc2)N=C(c2ccc(OCCCO)cc2)O[C@@H]1c1ccc(-c2ccccc2)cc1. The van der Waals surface area contributed by atoms with Crippen LogP contribution in [0.25, 0.3) is 11.1 Å². The van der Waals surface area contributed by atoms with Crippen molar-refractivity contribution < 1.29 is 27.8 Å².